The minimum absolute atomic E-state index is 0.0140. The first-order chi connectivity index (χ1) is 9.97. The predicted octanol–water partition coefficient (Wildman–Crippen LogP) is 4.07. The molecular weight excluding hydrogens is 265 g/mol. The molecule has 2 rings (SSSR count). The molecule has 0 aliphatic carbocycles. The van der Waals surface area contributed by atoms with Crippen molar-refractivity contribution in [2.45, 2.75) is 26.8 Å². The van der Waals surface area contributed by atoms with Gasteiger partial charge in [-0.2, -0.15) is 0 Å². The smallest absolute Gasteiger partial charge is 0.123 e. The van der Waals surface area contributed by atoms with E-state index >= 15 is 0 Å². The zero-order valence-electron chi connectivity index (χ0n) is 13.3. The van der Waals surface area contributed by atoms with Gasteiger partial charge in [0.1, 0.15) is 11.6 Å². The van der Waals surface area contributed by atoms with E-state index in [-0.39, 0.29) is 11.9 Å². The van der Waals surface area contributed by atoms with Crippen molar-refractivity contribution in [2.24, 2.45) is 0 Å². The van der Waals surface area contributed by atoms with Gasteiger partial charge in [0.05, 0.1) is 13.2 Å². The van der Waals surface area contributed by atoms with Crippen LogP contribution in [0.15, 0.2) is 30.3 Å². The predicted molar refractivity (Wildman–Crippen MR) is 84.5 cm³/mol. The molecule has 112 valence electrons. The molecule has 0 bridgehead atoms. The standard InChI is InChI=1S/C18H22FNO/c1-11-6-7-14(10-16(11)21-5)18(20-4)17-12(2)8-15(19)9-13(17)3/h6-10,18,20H,1-5H3. The molecule has 0 aromatic heterocycles. The van der Waals surface area contributed by atoms with Crippen LogP contribution in [0.2, 0.25) is 0 Å². The fourth-order valence-corrected chi connectivity index (χ4v) is 2.87. The van der Waals surface area contributed by atoms with Gasteiger partial charge in [-0.15, -0.1) is 0 Å². The van der Waals surface area contributed by atoms with Crippen LogP contribution in [0.4, 0.5) is 4.39 Å². The van der Waals surface area contributed by atoms with E-state index in [0.717, 1.165) is 33.6 Å². The van der Waals surface area contributed by atoms with Gasteiger partial charge >= 0.3 is 0 Å². The zero-order chi connectivity index (χ0) is 15.6. The summed E-state index contributed by atoms with van der Waals surface area (Å²) >= 11 is 0. The van der Waals surface area contributed by atoms with E-state index in [4.69, 9.17) is 4.74 Å². The van der Waals surface area contributed by atoms with E-state index in [9.17, 15) is 4.39 Å². The van der Waals surface area contributed by atoms with Crippen LogP contribution < -0.4 is 10.1 Å². The molecule has 2 aromatic carbocycles. The summed E-state index contributed by atoms with van der Waals surface area (Å²) < 4.78 is 18.9. The number of ether oxygens (including phenoxy) is 1. The molecular formula is C18H22FNO. The Balaban J connectivity index is 2.55. The van der Waals surface area contributed by atoms with Crippen LogP contribution in [0.3, 0.4) is 0 Å². The van der Waals surface area contributed by atoms with Crippen LogP contribution in [-0.4, -0.2) is 14.2 Å². The van der Waals surface area contributed by atoms with Crippen molar-refractivity contribution in [1.29, 1.82) is 0 Å². The molecule has 2 nitrogen and oxygen atoms in total. The molecule has 0 spiro atoms. The topological polar surface area (TPSA) is 21.3 Å². The highest BCUT2D eigenvalue weighted by atomic mass is 19.1. The van der Waals surface area contributed by atoms with Gasteiger partial charge in [-0.25, -0.2) is 4.39 Å². The number of aryl methyl sites for hydroxylation is 3. The third-order valence-electron chi connectivity index (χ3n) is 3.90. The molecule has 3 heteroatoms. The van der Waals surface area contributed by atoms with Gasteiger partial charge < -0.3 is 10.1 Å². The fraction of sp³-hybridized carbons (Fsp3) is 0.333. The van der Waals surface area contributed by atoms with E-state index in [2.05, 4.69) is 11.4 Å². The molecule has 1 atom stereocenters. The summed E-state index contributed by atoms with van der Waals surface area (Å²) in [6.07, 6.45) is 0. The number of halogens is 1. The minimum Gasteiger partial charge on any atom is -0.496 e. The minimum atomic E-state index is -0.190. The number of methoxy groups -OCH3 is 1. The van der Waals surface area contributed by atoms with Gasteiger partial charge in [0, 0.05) is 0 Å². The lowest BCUT2D eigenvalue weighted by Crippen LogP contribution is -2.20. The Morgan fingerprint density at radius 1 is 1.00 bits per heavy atom. The highest BCUT2D eigenvalue weighted by molar-refractivity contribution is 5.45. The van der Waals surface area contributed by atoms with Crippen molar-refractivity contribution in [3.8, 4) is 5.75 Å². The molecule has 0 saturated heterocycles. The SMILES string of the molecule is CNC(c1ccc(C)c(OC)c1)c1c(C)cc(F)cc1C. The summed E-state index contributed by atoms with van der Waals surface area (Å²) in [6, 6.07) is 9.35. The Kier molecular flexibility index (Phi) is 4.63. The van der Waals surface area contributed by atoms with Crippen LogP contribution in [0, 0.1) is 26.6 Å². The molecule has 1 unspecified atom stereocenters. The molecule has 21 heavy (non-hydrogen) atoms. The number of rotatable bonds is 4. The maximum Gasteiger partial charge on any atom is 0.123 e. The Bertz CT molecular complexity index is 629. The van der Waals surface area contributed by atoms with Crippen molar-refractivity contribution < 1.29 is 9.13 Å². The molecule has 0 heterocycles. The number of hydrogen-bond acceptors (Lipinski definition) is 2. The number of hydrogen-bond donors (Lipinski definition) is 1. The van der Waals surface area contributed by atoms with E-state index in [0.29, 0.717) is 0 Å². The van der Waals surface area contributed by atoms with Gasteiger partial charge in [0.2, 0.25) is 0 Å². The molecule has 1 N–H and O–H groups in total. The molecule has 0 saturated carbocycles. The number of nitrogens with one attached hydrogen (secondary N) is 1. The Morgan fingerprint density at radius 3 is 2.14 bits per heavy atom. The van der Waals surface area contributed by atoms with Crippen LogP contribution in [0.5, 0.6) is 5.75 Å². The normalized spacial score (nSPS) is 12.3. The molecule has 2 aromatic rings. The second kappa shape index (κ2) is 6.27. The zero-order valence-corrected chi connectivity index (χ0v) is 13.3. The summed E-state index contributed by atoms with van der Waals surface area (Å²) in [5, 5.41) is 3.33. The highest BCUT2D eigenvalue weighted by Crippen LogP contribution is 2.31. The molecule has 0 aliphatic heterocycles. The molecule has 0 amide bonds. The molecule has 0 aliphatic rings. The number of benzene rings is 2. The van der Waals surface area contributed by atoms with Gasteiger partial charge in [0.15, 0.2) is 0 Å². The fourth-order valence-electron chi connectivity index (χ4n) is 2.87. The Labute approximate surface area is 126 Å². The largest absolute Gasteiger partial charge is 0.496 e. The summed E-state index contributed by atoms with van der Waals surface area (Å²) in [5.41, 5.74) is 5.23. The Morgan fingerprint density at radius 2 is 1.62 bits per heavy atom. The highest BCUT2D eigenvalue weighted by Gasteiger charge is 2.18. The average molecular weight is 287 g/mol. The van der Waals surface area contributed by atoms with Crippen molar-refractivity contribution in [1.82, 2.24) is 5.32 Å². The lowest BCUT2D eigenvalue weighted by Gasteiger charge is -2.22. The van der Waals surface area contributed by atoms with Crippen LogP contribution in [0.25, 0.3) is 0 Å². The van der Waals surface area contributed by atoms with Gasteiger partial charge in [-0.3, -0.25) is 0 Å². The summed E-state index contributed by atoms with van der Waals surface area (Å²) in [5.74, 6) is 0.676. The lowest BCUT2D eigenvalue weighted by atomic mass is 9.90. The monoisotopic (exact) mass is 287 g/mol. The van der Waals surface area contributed by atoms with Crippen molar-refractivity contribution in [2.75, 3.05) is 14.2 Å². The second-order valence-corrected chi connectivity index (χ2v) is 5.40. The van der Waals surface area contributed by atoms with Crippen LogP contribution in [-0.2, 0) is 0 Å². The quantitative estimate of drug-likeness (QED) is 0.915. The summed E-state index contributed by atoms with van der Waals surface area (Å²) in [6.45, 7) is 5.91. The summed E-state index contributed by atoms with van der Waals surface area (Å²) in [4.78, 5) is 0. The Hall–Kier alpha value is -1.87. The average Bonchev–Trinajstić information content (AvgIpc) is 2.43. The first-order valence-electron chi connectivity index (χ1n) is 7.06. The maximum atomic E-state index is 13.5. The van der Waals surface area contributed by atoms with Crippen LogP contribution >= 0.6 is 0 Å². The van der Waals surface area contributed by atoms with Crippen LogP contribution in [0.1, 0.15) is 33.9 Å². The first-order valence-corrected chi connectivity index (χ1v) is 7.06. The van der Waals surface area contributed by atoms with Crippen molar-refractivity contribution in [3.63, 3.8) is 0 Å². The van der Waals surface area contributed by atoms with E-state index in [1.807, 2.05) is 40.0 Å². The lowest BCUT2D eigenvalue weighted by molar-refractivity contribution is 0.410. The van der Waals surface area contributed by atoms with Crippen molar-refractivity contribution >= 4 is 0 Å². The van der Waals surface area contributed by atoms with Gasteiger partial charge in [0.25, 0.3) is 0 Å². The van der Waals surface area contributed by atoms with E-state index in [1.54, 1.807) is 19.2 Å². The van der Waals surface area contributed by atoms with E-state index < -0.39 is 0 Å². The summed E-state index contributed by atoms with van der Waals surface area (Å²) in [7, 11) is 3.59. The van der Waals surface area contributed by atoms with Gasteiger partial charge in [-0.1, -0.05) is 12.1 Å². The molecule has 0 fully saturated rings. The third-order valence-corrected chi connectivity index (χ3v) is 3.90. The molecule has 0 radical (unpaired) electrons. The second-order valence-electron chi connectivity index (χ2n) is 5.40. The van der Waals surface area contributed by atoms with Crippen molar-refractivity contribution in [3.05, 3.63) is 64.0 Å². The first kappa shape index (κ1) is 15.5. The van der Waals surface area contributed by atoms with Gasteiger partial charge in [-0.05, 0) is 73.8 Å². The maximum absolute atomic E-state index is 13.5. The third kappa shape index (κ3) is 3.08. The van der Waals surface area contributed by atoms with E-state index in [1.165, 1.54) is 0 Å².